The Kier molecular flexibility index (Phi) is 6.37. The first-order chi connectivity index (χ1) is 10.7. The van der Waals surface area contributed by atoms with Crippen molar-refractivity contribution in [2.45, 2.75) is 44.9 Å². The second-order valence-electron chi connectivity index (χ2n) is 5.27. The smallest absolute Gasteiger partial charge is 0.374 e. The zero-order valence-electron chi connectivity index (χ0n) is 13.4. The highest BCUT2D eigenvalue weighted by Gasteiger charge is 2.57. The zero-order valence-corrected chi connectivity index (χ0v) is 13.4. The molecule has 0 aliphatic carbocycles. The number of nitrogens with one attached hydrogen (secondary N) is 1. The number of nitrogens with zero attached hydrogens (tertiary/aromatic N) is 2. The van der Waals surface area contributed by atoms with Crippen molar-refractivity contribution in [3.63, 3.8) is 0 Å². The molecule has 130 valence electrons. The Morgan fingerprint density at radius 1 is 1.39 bits per heavy atom. The fourth-order valence-corrected chi connectivity index (χ4v) is 2.20. The summed E-state index contributed by atoms with van der Waals surface area (Å²) in [5.74, 6) is -0.967. The largest absolute Gasteiger partial charge is 0.424 e. The van der Waals surface area contributed by atoms with Crippen LogP contribution in [0.2, 0.25) is 0 Å². The third-order valence-corrected chi connectivity index (χ3v) is 3.69. The minimum Gasteiger partial charge on any atom is -0.374 e. The van der Waals surface area contributed by atoms with Crippen molar-refractivity contribution in [3.05, 3.63) is 29.9 Å². The van der Waals surface area contributed by atoms with Crippen molar-refractivity contribution in [3.8, 4) is 0 Å². The first-order valence-corrected chi connectivity index (χ1v) is 7.39. The number of aryl methyl sites for hydroxylation is 1. The van der Waals surface area contributed by atoms with Crippen LogP contribution in [-0.2, 0) is 17.4 Å². The van der Waals surface area contributed by atoms with Gasteiger partial charge < -0.3 is 15.0 Å². The van der Waals surface area contributed by atoms with Crippen LogP contribution in [0.1, 0.15) is 38.9 Å². The molecule has 0 fully saturated rings. The Labute approximate surface area is 133 Å². The fourth-order valence-electron chi connectivity index (χ4n) is 2.20. The van der Waals surface area contributed by atoms with Crippen molar-refractivity contribution in [2.75, 3.05) is 6.54 Å². The predicted molar refractivity (Wildman–Crippen MR) is 79.5 cm³/mol. The molecule has 0 bridgehead atoms. The molecule has 0 saturated heterocycles. The van der Waals surface area contributed by atoms with Gasteiger partial charge in [-0.15, -0.1) is 0 Å². The van der Waals surface area contributed by atoms with Gasteiger partial charge in [0.1, 0.15) is 5.82 Å². The van der Waals surface area contributed by atoms with E-state index in [1.165, 1.54) is 25.5 Å². The topological polar surface area (TPSA) is 67.2 Å². The first-order valence-electron chi connectivity index (χ1n) is 7.39. The lowest BCUT2D eigenvalue weighted by atomic mass is 9.97. The number of amides is 1. The highest BCUT2D eigenvalue weighted by molar-refractivity contribution is 5.88. The lowest BCUT2D eigenvalue weighted by molar-refractivity contribution is -0.272. The van der Waals surface area contributed by atoms with Crippen molar-refractivity contribution in [1.82, 2.24) is 14.9 Å². The summed E-state index contributed by atoms with van der Waals surface area (Å²) in [6.45, 7) is 3.47. The van der Waals surface area contributed by atoms with E-state index in [0.717, 1.165) is 10.1 Å². The molecule has 0 spiro atoms. The lowest BCUT2D eigenvalue weighted by Crippen LogP contribution is -2.46. The molecule has 0 aliphatic rings. The normalized spacial score (nSPS) is 14.2. The van der Waals surface area contributed by atoms with Crippen LogP contribution in [0.5, 0.6) is 0 Å². The number of halogens is 3. The van der Waals surface area contributed by atoms with Gasteiger partial charge in [0.05, 0.1) is 0 Å². The summed E-state index contributed by atoms with van der Waals surface area (Å²) < 4.78 is 40.9. The summed E-state index contributed by atoms with van der Waals surface area (Å²) in [6.07, 6.45) is -0.329. The van der Waals surface area contributed by atoms with E-state index in [9.17, 15) is 23.1 Å². The molecule has 23 heavy (non-hydrogen) atoms. The number of hydrogen-bond donors (Lipinski definition) is 2. The maximum Gasteiger partial charge on any atom is 0.424 e. The van der Waals surface area contributed by atoms with Gasteiger partial charge in [0.25, 0.3) is 0 Å². The van der Waals surface area contributed by atoms with Gasteiger partial charge in [-0.2, -0.15) is 13.2 Å². The van der Waals surface area contributed by atoms with Gasteiger partial charge in [-0.05, 0) is 12.8 Å². The van der Waals surface area contributed by atoms with Gasteiger partial charge in [0.15, 0.2) is 0 Å². The van der Waals surface area contributed by atoms with E-state index >= 15 is 0 Å². The highest BCUT2D eigenvalue weighted by Crippen LogP contribution is 2.40. The van der Waals surface area contributed by atoms with E-state index in [1.807, 2.05) is 13.8 Å². The SMILES string of the molecule is CCC(=CC(=O)NCCC(O)(c1nccn1C)C(F)(F)F)CC. The molecular formula is C15H22F3N3O2. The minimum atomic E-state index is -4.90. The van der Waals surface area contributed by atoms with Crippen molar-refractivity contribution >= 4 is 5.91 Å². The maximum absolute atomic E-state index is 13.3. The molecule has 1 unspecified atom stereocenters. The molecular weight excluding hydrogens is 311 g/mol. The van der Waals surface area contributed by atoms with Gasteiger partial charge in [-0.1, -0.05) is 19.4 Å². The number of aromatic nitrogens is 2. The molecule has 1 aromatic rings. The second-order valence-corrected chi connectivity index (χ2v) is 5.27. The quantitative estimate of drug-likeness (QED) is 0.753. The Morgan fingerprint density at radius 3 is 2.43 bits per heavy atom. The van der Waals surface area contributed by atoms with E-state index in [4.69, 9.17) is 0 Å². The molecule has 0 aliphatic heterocycles. The number of allylic oxidation sites excluding steroid dienone is 1. The van der Waals surface area contributed by atoms with Crippen molar-refractivity contribution in [1.29, 1.82) is 0 Å². The summed E-state index contributed by atoms with van der Waals surface area (Å²) in [7, 11) is 1.37. The molecule has 1 aromatic heterocycles. The van der Waals surface area contributed by atoms with E-state index in [1.54, 1.807) is 0 Å². The summed E-state index contributed by atoms with van der Waals surface area (Å²) in [4.78, 5) is 15.3. The monoisotopic (exact) mass is 333 g/mol. The Bertz CT molecular complexity index is 561. The highest BCUT2D eigenvalue weighted by atomic mass is 19.4. The molecule has 1 heterocycles. The molecule has 0 radical (unpaired) electrons. The Balaban J connectivity index is 2.81. The number of carbonyl (C=O) groups excluding carboxylic acids is 1. The van der Waals surface area contributed by atoms with Crippen LogP contribution in [0, 0.1) is 0 Å². The third kappa shape index (κ3) is 4.57. The molecule has 8 heteroatoms. The number of rotatable bonds is 7. The lowest BCUT2D eigenvalue weighted by Gasteiger charge is -2.29. The fraction of sp³-hybridized carbons (Fsp3) is 0.600. The van der Waals surface area contributed by atoms with Crippen LogP contribution < -0.4 is 5.32 Å². The molecule has 0 saturated carbocycles. The molecule has 2 N–H and O–H groups in total. The molecule has 1 rings (SSSR count). The summed E-state index contributed by atoms with van der Waals surface area (Å²) in [6, 6.07) is 0. The van der Waals surface area contributed by atoms with Crippen LogP contribution in [-0.4, -0.2) is 33.3 Å². The summed E-state index contributed by atoms with van der Waals surface area (Å²) >= 11 is 0. The number of aliphatic hydroxyl groups is 1. The van der Waals surface area contributed by atoms with E-state index in [-0.39, 0.29) is 6.54 Å². The standard InChI is InChI=1S/C15H22F3N3O2/c1-4-11(5-2)10-12(22)19-7-6-14(23,15(16,17)18)13-20-8-9-21(13)3/h8-10,23H,4-7H2,1-3H3,(H,19,22). The van der Waals surface area contributed by atoms with Crippen LogP contribution >= 0.6 is 0 Å². The average molecular weight is 333 g/mol. The zero-order chi connectivity index (χ0) is 17.7. The van der Waals surface area contributed by atoms with Gasteiger partial charge in [0.2, 0.25) is 11.5 Å². The van der Waals surface area contributed by atoms with Gasteiger partial charge in [-0.25, -0.2) is 4.98 Å². The van der Waals surface area contributed by atoms with Crippen molar-refractivity contribution in [2.24, 2.45) is 7.05 Å². The van der Waals surface area contributed by atoms with E-state index in [2.05, 4.69) is 10.3 Å². The number of alkyl halides is 3. The summed E-state index contributed by atoms with van der Waals surface area (Å²) in [5.41, 5.74) is -2.21. The minimum absolute atomic E-state index is 0.321. The Hall–Kier alpha value is -1.83. The van der Waals surface area contributed by atoms with Gasteiger partial charge >= 0.3 is 6.18 Å². The average Bonchev–Trinajstić information content (AvgIpc) is 2.90. The van der Waals surface area contributed by atoms with E-state index in [0.29, 0.717) is 12.8 Å². The van der Waals surface area contributed by atoms with Gasteiger partial charge in [0, 0.05) is 38.5 Å². The van der Waals surface area contributed by atoms with Crippen LogP contribution in [0.25, 0.3) is 0 Å². The number of carbonyl (C=O) groups is 1. The number of hydrogen-bond acceptors (Lipinski definition) is 3. The van der Waals surface area contributed by atoms with Crippen LogP contribution in [0.4, 0.5) is 13.2 Å². The van der Waals surface area contributed by atoms with Gasteiger partial charge in [-0.3, -0.25) is 4.79 Å². The summed E-state index contributed by atoms with van der Waals surface area (Å²) in [5, 5.41) is 12.5. The van der Waals surface area contributed by atoms with E-state index < -0.39 is 29.9 Å². The Morgan fingerprint density at radius 2 is 2.00 bits per heavy atom. The molecule has 0 aromatic carbocycles. The predicted octanol–water partition coefficient (Wildman–Crippen LogP) is 2.42. The molecule has 1 amide bonds. The first kappa shape index (κ1) is 19.2. The van der Waals surface area contributed by atoms with Crippen LogP contribution in [0.15, 0.2) is 24.0 Å². The van der Waals surface area contributed by atoms with Crippen LogP contribution in [0.3, 0.4) is 0 Å². The molecule has 5 nitrogen and oxygen atoms in total. The maximum atomic E-state index is 13.3. The second kappa shape index (κ2) is 7.63. The number of imidazole rings is 1. The van der Waals surface area contributed by atoms with Crippen molar-refractivity contribution < 1.29 is 23.1 Å². The molecule has 1 atom stereocenters. The third-order valence-electron chi connectivity index (χ3n) is 3.69.